The van der Waals surface area contributed by atoms with Crippen molar-refractivity contribution in [3.63, 3.8) is 0 Å². The molecule has 26 heavy (non-hydrogen) atoms. The average Bonchev–Trinajstić information content (AvgIpc) is 2.61. The van der Waals surface area contributed by atoms with Crippen molar-refractivity contribution in [2.24, 2.45) is 5.41 Å². The Morgan fingerprint density at radius 2 is 2.08 bits per heavy atom. The molecule has 0 amide bonds. The van der Waals surface area contributed by atoms with E-state index in [1.165, 1.54) is 12.1 Å². The van der Waals surface area contributed by atoms with E-state index in [9.17, 15) is 13.7 Å². The van der Waals surface area contributed by atoms with Crippen LogP contribution in [0.5, 0.6) is 5.75 Å². The fraction of sp³-hybridized carbons (Fsp3) is 0.278. The molecule has 0 spiro atoms. The predicted molar refractivity (Wildman–Crippen MR) is 95.6 cm³/mol. The molecule has 2 aromatic carbocycles. The minimum Gasteiger partial charge on any atom is -0.493 e. The second-order valence-electron chi connectivity index (χ2n) is 6.18. The van der Waals surface area contributed by atoms with Crippen LogP contribution >= 0.6 is 11.6 Å². The van der Waals surface area contributed by atoms with Crippen LogP contribution in [0.1, 0.15) is 5.56 Å². The van der Waals surface area contributed by atoms with Gasteiger partial charge in [-0.05, 0) is 24.3 Å². The lowest BCUT2D eigenvalue weighted by molar-refractivity contribution is -0.0250. The van der Waals surface area contributed by atoms with Crippen LogP contribution in [0.3, 0.4) is 0 Å². The minimum atomic E-state index is -1.42. The van der Waals surface area contributed by atoms with Crippen molar-refractivity contribution in [1.82, 2.24) is 4.31 Å². The van der Waals surface area contributed by atoms with Crippen molar-refractivity contribution in [2.45, 2.75) is 4.90 Å². The first-order chi connectivity index (χ1) is 12.5. The molecule has 1 heterocycles. The van der Waals surface area contributed by atoms with Crippen LogP contribution in [-0.4, -0.2) is 39.9 Å². The number of hydrogen-bond acceptors (Lipinski definition) is 4. The van der Waals surface area contributed by atoms with Gasteiger partial charge in [0.15, 0.2) is 0 Å². The van der Waals surface area contributed by atoms with Crippen molar-refractivity contribution < 1.29 is 18.4 Å². The predicted octanol–water partition coefficient (Wildman–Crippen LogP) is 2.75. The molecule has 1 saturated heterocycles. The van der Waals surface area contributed by atoms with Gasteiger partial charge >= 0.3 is 0 Å². The molecular weight excluding hydrogens is 379 g/mol. The number of rotatable bonds is 6. The summed E-state index contributed by atoms with van der Waals surface area (Å²) in [6.07, 6.45) is 0. The number of nitriles is 1. The third kappa shape index (κ3) is 3.74. The second-order valence-corrected chi connectivity index (χ2v) is 8.04. The Hall–Kier alpha value is -1.98. The molecule has 8 heteroatoms. The van der Waals surface area contributed by atoms with E-state index in [1.54, 1.807) is 34.6 Å². The van der Waals surface area contributed by atoms with Gasteiger partial charge in [0.1, 0.15) is 28.6 Å². The fourth-order valence-corrected chi connectivity index (χ4v) is 4.52. The molecule has 1 aliphatic rings. The zero-order chi connectivity index (χ0) is 18.7. The average molecular weight is 395 g/mol. The van der Waals surface area contributed by atoms with Gasteiger partial charge in [0, 0.05) is 19.2 Å². The Morgan fingerprint density at radius 3 is 2.69 bits per heavy atom. The normalized spacial score (nSPS) is 17.2. The molecule has 2 aromatic rings. The summed E-state index contributed by atoms with van der Waals surface area (Å²) in [5.41, 5.74) is -0.638. The zero-order valence-electron chi connectivity index (χ0n) is 13.7. The SMILES string of the molecule is N#Cc1ccc(OCC2(CO)CN(S(=O)c3ccccc3Cl)C2)cc1F. The Bertz CT molecular complexity index is 881. The highest BCUT2D eigenvalue weighted by molar-refractivity contribution is 7.82. The van der Waals surface area contributed by atoms with Gasteiger partial charge in [-0.15, -0.1) is 0 Å². The van der Waals surface area contributed by atoms with Crippen molar-refractivity contribution in [3.8, 4) is 11.8 Å². The van der Waals surface area contributed by atoms with Crippen molar-refractivity contribution in [1.29, 1.82) is 5.26 Å². The van der Waals surface area contributed by atoms with Gasteiger partial charge in [-0.25, -0.2) is 12.9 Å². The first-order valence-corrected chi connectivity index (χ1v) is 9.31. The maximum atomic E-state index is 13.6. The number of ether oxygens (including phenoxy) is 1. The summed E-state index contributed by atoms with van der Waals surface area (Å²) in [7, 11) is -1.42. The Morgan fingerprint density at radius 1 is 1.35 bits per heavy atom. The quantitative estimate of drug-likeness (QED) is 0.817. The number of hydrogen-bond donors (Lipinski definition) is 1. The van der Waals surface area contributed by atoms with Gasteiger partial charge in [0.25, 0.3) is 0 Å². The molecule has 0 bridgehead atoms. The molecule has 0 aromatic heterocycles. The Kier molecular flexibility index (Phi) is 5.58. The van der Waals surface area contributed by atoms with E-state index >= 15 is 0 Å². The molecule has 0 radical (unpaired) electrons. The first kappa shape index (κ1) is 18.8. The van der Waals surface area contributed by atoms with E-state index in [2.05, 4.69) is 0 Å². The molecule has 1 N–H and O–H groups in total. The molecule has 1 fully saturated rings. The molecule has 5 nitrogen and oxygen atoms in total. The van der Waals surface area contributed by atoms with Gasteiger partial charge in [-0.1, -0.05) is 23.7 Å². The lowest BCUT2D eigenvalue weighted by Crippen LogP contribution is -2.61. The standard InChI is InChI=1S/C18H16ClFN2O3S/c19-15-3-1-2-4-17(15)26(24)22-9-18(10-22,11-23)12-25-14-6-5-13(8-21)16(20)7-14/h1-7,23H,9-12H2. The highest BCUT2D eigenvalue weighted by Gasteiger charge is 2.46. The Balaban J connectivity index is 1.62. The number of aliphatic hydroxyl groups is 1. The van der Waals surface area contributed by atoms with E-state index < -0.39 is 22.2 Å². The van der Waals surface area contributed by atoms with Gasteiger partial charge < -0.3 is 9.84 Å². The number of halogens is 2. The number of benzene rings is 2. The molecule has 0 saturated carbocycles. The van der Waals surface area contributed by atoms with Crippen LogP contribution in [-0.2, 0) is 11.0 Å². The molecular formula is C18H16ClFN2O3S. The van der Waals surface area contributed by atoms with Crippen LogP contribution < -0.4 is 4.74 Å². The summed E-state index contributed by atoms with van der Waals surface area (Å²) in [6, 6.07) is 12.6. The molecule has 136 valence electrons. The summed E-state index contributed by atoms with van der Waals surface area (Å²) in [5, 5.41) is 18.9. The topological polar surface area (TPSA) is 73.6 Å². The highest BCUT2D eigenvalue weighted by atomic mass is 35.5. The molecule has 1 atom stereocenters. The number of nitrogens with zero attached hydrogens (tertiary/aromatic N) is 2. The third-order valence-corrected chi connectivity index (χ3v) is 6.13. The minimum absolute atomic E-state index is 0.0563. The number of aliphatic hydroxyl groups excluding tert-OH is 1. The van der Waals surface area contributed by atoms with E-state index in [0.717, 1.165) is 6.07 Å². The molecule has 1 aliphatic heterocycles. The summed E-state index contributed by atoms with van der Waals surface area (Å²) >= 11 is 6.08. The maximum absolute atomic E-state index is 13.6. The highest BCUT2D eigenvalue weighted by Crippen LogP contribution is 2.35. The second kappa shape index (κ2) is 7.72. The summed E-state index contributed by atoms with van der Waals surface area (Å²) < 4.78 is 33.5. The largest absolute Gasteiger partial charge is 0.493 e. The van der Waals surface area contributed by atoms with Gasteiger partial charge in [0.2, 0.25) is 0 Å². The third-order valence-electron chi connectivity index (χ3n) is 4.22. The van der Waals surface area contributed by atoms with Crippen molar-refractivity contribution in [2.75, 3.05) is 26.3 Å². The van der Waals surface area contributed by atoms with Gasteiger partial charge in [-0.2, -0.15) is 5.26 Å². The van der Waals surface area contributed by atoms with E-state index in [4.69, 9.17) is 21.6 Å². The van der Waals surface area contributed by atoms with E-state index in [1.807, 2.05) is 0 Å². The van der Waals surface area contributed by atoms with E-state index in [-0.39, 0.29) is 24.5 Å². The van der Waals surface area contributed by atoms with Crippen LogP contribution in [0, 0.1) is 22.6 Å². The molecule has 3 rings (SSSR count). The first-order valence-electron chi connectivity index (χ1n) is 7.83. The van der Waals surface area contributed by atoms with Gasteiger partial charge in [-0.3, -0.25) is 0 Å². The summed E-state index contributed by atoms with van der Waals surface area (Å²) in [5.74, 6) is -0.377. The van der Waals surface area contributed by atoms with Crippen LogP contribution in [0.2, 0.25) is 5.02 Å². The summed E-state index contributed by atoms with van der Waals surface area (Å²) in [4.78, 5) is 0.524. The summed E-state index contributed by atoms with van der Waals surface area (Å²) in [6.45, 7) is 0.716. The maximum Gasteiger partial charge on any atom is 0.144 e. The van der Waals surface area contributed by atoms with Gasteiger partial charge in [0.05, 0.1) is 34.1 Å². The lowest BCUT2D eigenvalue weighted by Gasteiger charge is -2.47. The fourth-order valence-electron chi connectivity index (χ4n) is 2.69. The smallest absolute Gasteiger partial charge is 0.144 e. The zero-order valence-corrected chi connectivity index (χ0v) is 15.3. The Labute approximate surface area is 158 Å². The molecule has 1 unspecified atom stereocenters. The monoisotopic (exact) mass is 394 g/mol. The van der Waals surface area contributed by atoms with Crippen LogP contribution in [0.15, 0.2) is 47.4 Å². The lowest BCUT2D eigenvalue weighted by atomic mass is 9.83. The van der Waals surface area contributed by atoms with Crippen molar-refractivity contribution in [3.05, 3.63) is 58.9 Å². The van der Waals surface area contributed by atoms with Crippen LogP contribution in [0.4, 0.5) is 4.39 Å². The van der Waals surface area contributed by atoms with Crippen molar-refractivity contribution >= 4 is 22.6 Å². The van der Waals surface area contributed by atoms with E-state index in [0.29, 0.717) is 23.0 Å². The molecule has 0 aliphatic carbocycles. The van der Waals surface area contributed by atoms with Crippen LogP contribution in [0.25, 0.3) is 0 Å².